The first-order valence-electron chi connectivity index (χ1n) is 14.9. The molecule has 1 saturated carbocycles. The topological polar surface area (TPSA) is 150 Å². The molecule has 1 aliphatic heterocycles. The molecule has 1 atom stereocenters. The molecule has 2 aliphatic rings. The molecule has 0 spiro atoms. The summed E-state index contributed by atoms with van der Waals surface area (Å²) in [6.07, 6.45) is 6.55. The van der Waals surface area contributed by atoms with E-state index < -0.39 is 11.1 Å². The lowest BCUT2D eigenvalue weighted by molar-refractivity contribution is -0.117. The first-order chi connectivity index (χ1) is 21.0. The number of hydrogen-bond acceptors (Lipinski definition) is 10. The van der Waals surface area contributed by atoms with E-state index in [1.54, 1.807) is 25.4 Å². The first kappa shape index (κ1) is 31.5. The third-order valence-electron chi connectivity index (χ3n) is 7.58. The van der Waals surface area contributed by atoms with Crippen LogP contribution in [0, 0.1) is 5.92 Å². The zero-order valence-electron chi connectivity index (χ0n) is 25.8. The molecule has 0 radical (unpaired) electrons. The van der Waals surface area contributed by atoms with Gasteiger partial charge in [0.25, 0.3) is 11.8 Å². The van der Waals surface area contributed by atoms with E-state index in [4.69, 9.17) is 4.74 Å². The summed E-state index contributed by atoms with van der Waals surface area (Å²) in [5, 5.41) is 20.4. The second-order valence-electron chi connectivity index (χ2n) is 12.3. The highest BCUT2D eigenvalue weighted by atomic mass is 32.1. The smallest absolute Gasteiger partial charge is 0.272 e. The summed E-state index contributed by atoms with van der Waals surface area (Å²) < 4.78 is 5.81. The number of benzene rings is 1. The normalized spacial score (nSPS) is 16.7. The quantitative estimate of drug-likeness (QED) is 0.209. The number of para-hydroxylation sites is 1. The average molecular weight is 614 g/mol. The molecule has 1 aromatic carbocycles. The molecule has 5 rings (SSSR count). The van der Waals surface area contributed by atoms with E-state index in [1.165, 1.54) is 17.8 Å². The predicted molar refractivity (Wildman–Crippen MR) is 179 cm³/mol. The Bertz CT molecular complexity index is 1550. The van der Waals surface area contributed by atoms with E-state index >= 15 is 0 Å². The highest BCUT2D eigenvalue weighted by Crippen LogP contribution is 2.40. The molecule has 2 aromatic heterocycles. The molecule has 16 heteroatoms. The Balaban J connectivity index is 1.37. The van der Waals surface area contributed by atoms with Crippen molar-refractivity contribution in [3.05, 3.63) is 41.0 Å². The second-order valence-corrected chi connectivity index (χ2v) is 13.4. The molecule has 1 aliphatic carbocycles. The highest BCUT2D eigenvalue weighted by Gasteiger charge is 2.30. The standard InChI is InChI=1S/C28H37B3N8O4S/c1-39-12-4-5-16(39)10-11-32-25(41)20-14-33-27(44-20)17-6-3-7-18(23(17)43-2)34-19-13-21(35-24(40)15-8-9-15)37-38-22(19)26(42)36-28(29,30)31/h3,6-7,13-16H,4-5,8-12,29-31H2,1-2H3,(H,32,41)(H,36,42)(H2,34,35,37,40). The van der Waals surface area contributed by atoms with Crippen LogP contribution in [0.4, 0.5) is 17.2 Å². The Morgan fingerprint density at radius 2 is 1.91 bits per heavy atom. The Kier molecular flexibility index (Phi) is 9.59. The minimum atomic E-state index is -0.506. The van der Waals surface area contributed by atoms with Gasteiger partial charge in [-0.25, -0.2) is 4.98 Å². The molecule has 3 aromatic rings. The van der Waals surface area contributed by atoms with Crippen LogP contribution in [0.1, 0.15) is 52.3 Å². The van der Waals surface area contributed by atoms with Gasteiger partial charge in [-0.2, -0.15) is 0 Å². The largest absolute Gasteiger partial charge is 0.494 e. The van der Waals surface area contributed by atoms with Crippen LogP contribution >= 0.6 is 11.3 Å². The number of amides is 3. The first-order valence-corrected chi connectivity index (χ1v) is 15.7. The van der Waals surface area contributed by atoms with Crippen molar-refractivity contribution >= 4 is 69.8 Å². The van der Waals surface area contributed by atoms with Crippen LogP contribution < -0.4 is 26.0 Å². The number of nitrogens with zero attached hydrogens (tertiary/aromatic N) is 4. The van der Waals surface area contributed by atoms with Crippen molar-refractivity contribution in [2.75, 3.05) is 37.9 Å². The fourth-order valence-corrected chi connectivity index (χ4v) is 6.00. The summed E-state index contributed by atoms with van der Waals surface area (Å²) in [6, 6.07) is 7.59. The van der Waals surface area contributed by atoms with Crippen molar-refractivity contribution in [3.63, 3.8) is 0 Å². The second kappa shape index (κ2) is 13.4. The van der Waals surface area contributed by atoms with Crippen molar-refractivity contribution in [1.82, 2.24) is 30.7 Å². The van der Waals surface area contributed by atoms with E-state index in [0.29, 0.717) is 45.2 Å². The molecule has 1 saturated heterocycles. The molecule has 3 amide bonds. The average Bonchev–Trinajstić information content (AvgIpc) is 3.57. The maximum atomic E-state index is 13.2. The number of carbonyl (C=O) groups is 3. The molecular weight excluding hydrogens is 577 g/mol. The molecule has 44 heavy (non-hydrogen) atoms. The predicted octanol–water partition coefficient (Wildman–Crippen LogP) is 0.155. The van der Waals surface area contributed by atoms with Crippen molar-refractivity contribution in [3.8, 4) is 16.3 Å². The monoisotopic (exact) mass is 614 g/mol. The number of thiazole rings is 1. The molecular formula is C28H37B3N8O4S. The molecule has 0 bridgehead atoms. The number of carbonyl (C=O) groups excluding carboxylic acids is 3. The van der Waals surface area contributed by atoms with Crippen LogP contribution in [0.3, 0.4) is 0 Å². The summed E-state index contributed by atoms with van der Waals surface area (Å²) in [5.41, 5.74) is 1.63. The number of methoxy groups -OCH3 is 1. The maximum Gasteiger partial charge on any atom is 0.272 e. The van der Waals surface area contributed by atoms with E-state index in [0.717, 1.165) is 32.2 Å². The van der Waals surface area contributed by atoms with Gasteiger partial charge in [0.2, 0.25) is 5.91 Å². The molecule has 228 valence electrons. The lowest BCUT2D eigenvalue weighted by atomic mass is 9.49. The number of likely N-dealkylation sites (tertiary alicyclic amines) is 1. The van der Waals surface area contributed by atoms with Crippen LogP contribution in [-0.4, -0.2) is 99.9 Å². The summed E-state index contributed by atoms with van der Waals surface area (Å²) in [5.74, 6) is 0.000531. The minimum Gasteiger partial charge on any atom is -0.494 e. The number of ether oxygens (including phenoxy) is 1. The van der Waals surface area contributed by atoms with Crippen LogP contribution in [0.2, 0.25) is 0 Å². The van der Waals surface area contributed by atoms with Gasteiger partial charge in [-0.1, -0.05) is 6.07 Å². The summed E-state index contributed by atoms with van der Waals surface area (Å²) in [6.45, 7) is 1.71. The Morgan fingerprint density at radius 1 is 1.11 bits per heavy atom. The van der Waals surface area contributed by atoms with Gasteiger partial charge in [0.15, 0.2) is 17.3 Å². The SMILES string of the molecule is BC(B)(B)NC(=O)c1nnc(NC(=O)C2CC2)cc1Nc1cccc(-c2ncc(C(=O)NCCC3CCCN3C)s2)c1OC. The van der Waals surface area contributed by atoms with Gasteiger partial charge in [-0.3, -0.25) is 14.4 Å². The summed E-state index contributed by atoms with van der Waals surface area (Å²) in [4.78, 5) is 45.8. The molecule has 1 unspecified atom stereocenters. The Morgan fingerprint density at radius 3 is 2.59 bits per heavy atom. The highest BCUT2D eigenvalue weighted by molar-refractivity contribution is 7.17. The Hall–Kier alpha value is -3.91. The van der Waals surface area contributed by atoms with Crippen molar-refractivity contribution in [1.29, 1.82) is 0 Å². The van der Waals surface area contributed by atoms with Gasteiger partial charge in [-0.15, -0.1) is 21.5 Å². The van der Waals surface area contributed by atoms with Crippen LogP contribution in [0.25, 0.3) is 10.6 Å². The molecule has 3 heterocycles. The number of hydrogen-bond donors (Lipinski definition) is 4. The van der Waals surface area contributed by atoms with Crippen molar-refractivity contribution in [2.24, 2.45) is 5.92 Å². The third-order valence-corrected chi connectivity index (χ3v) is 8.61. The number of nitrogens with one attached hydrogen (secondary N) is 4. The minimum absolute atomic E-state index is 0.0203. The number of anilines is 3. The lowest BCUT2D eigenvalue weighted by Gasteiger charge is -2.22. The van der Waals surface area contributed by atoms with Gasteiger partial charge >= 0.3 is 0 Å². The summed E-state index contributed by atoms with van der Waals surface area (Å²) in [7, 11) is 9.30. The van der Waals surface area contributed by atoms with Crippen molar-refractivity contribution < 1.29 is 19.1 Å². The van der Waals surface area contributed by atoms with Gasteiger partial charge in [0.05, 0.1) is 30.2 Å². The van der Waals surface area contributed by atoms with Gasteiger partial charge < -0.3 is 30.9 Å². The van der Waals surface area contributed by atoms with E-state index in [-0.39, 0.29) is 29.2 Å². The van der Waals surface area contributed by atoms with Crippen LogP contribution in [0.5, 0.6) is 5.75 Å². The number of rotatable bonds is 12. The zero-order chi connectivity index (χ0) is 31.4. The van der Waals surface area contributed by atoms with Gasteiger partial charge in [-0.05, 0) is 63.1 Å². The van der Waals surface area contributed by atoms with E-state index in [2.05, 4.69) is 48.4 Å². The fourth-order valence-electron chi connectivity index (χ4n) is 5.15. The fraction of sp³-hybridized carbons (Fsp3) is 0.429. The van der Waals surface area contributed by atoms with Gasteiger partial charge in [0.1, 0.15) is 33.4 Å². The van der Waals surface area contributed by atoms with Crippen LogP contribution in [-0.2, 0) is 4.79 Å². The molecule has 12 nitrogen and oxygen atoms in total. The molecule has 2 fully saturated rings. The molecule has 4 N–H and O–H groups in total. The van der Waals surface area contributed by atoms with E-state index in [1.807, 2.05) is 35.7 Å². The maximum absolute atomic E-state index is 13.2. The Labute approximate surface area is 263 Å². The number of aromatic nitrogens is 3. The summed E-state index contributed by atoms with van der Waals surface area (Å²) >= 11 is 1.28. The lowest BCUT2D eigenvalue weighted by Crippen LogP contribution is -2.50. The third kappa shape index (κ3) is 7.78. The van der Waals surface area contributed by atoms with E-state index in [9.17, 15) is 14.4 Å². The van der Waals surface area contributed by atoms with Crippen LogP contribution in [0.15, 0.2) is 30.5 Å². The van der Waals surface area contributed by atoms with Crippen molar-refractivity contribution in [2.45, 2.75) is 43.4 Å². The zero-order valence-corrected chi connectivity index (χ0v) is 26.6. The van der Waals surface area contributed by atoms with Gasteiger partial charge in [0, 0.05) is 24.6 Å².